The third kappa shape index (κ3) is 2.75. The van der Waals surface area contributed by atoms with Gasteiger partial charge in [0.1, 0.15) is 0 Å². The molecule has 1 rings (SSSR count). The summed E-state index contributed by atoms with van der Waals surface area (Å²) in [5, 5.41) is 0.608. The average Bonchev–Trinajstić information content (AvgIpc) is 2.02. The molecule has 0 unspecified atom stereocenters. The number of rotatable bonds is 1. The third-order valence-electron chi connectivity index (χ3n) is 1.60. The molecule has 1 aromatic rings. The Labute approximate surface area is 112 Å². The molecule has 0 amide bonds. The highest BCUT2D eigenvalue weighted by molar-refractivity contribution is 6.68. The molecule has 6 heteroatoms. The Hall–Kier alpha value is 0.960. The van der Waals surface area contributed by atoms with Gasteiger partial charge in [-0.15, -0.1) is 11.6 Å². The molecule has 78 valence electrons. The van der Waals surface area contributed by atoms with E-state index in [1.54, 1.807) is 12.1 Å². The largest absolute Gasteiger partial charge is 0.218 e. The summed E-state index contributed by atoms with van der Waals surface area (Å²) < 4.78 is -1.64. The second-order valence-corrected chi connectivity index (χ2v) is 5.86. The molecular formula is C8H4Cl6. The molecule has 0 aliphatic heterocycles. The molecule has 0 fully saturated rings. The summed E-state index contributed by atoms with van der Waals surface area (Å²) in [6.07, 6.45) is 0. The molecule has 0 heterocycles. The zero-order valence-electron chi connectivity index (χ0n) is 6.63. The molecule has 0 spiro atoms. The Kier molecular flexibility index (Phi) is 4.52. The minimum Gasteiger partial charge on any atom is -0.121 e. The van der Waals surface area contributed by atoms with Crippen LogP contribution in [-0.2, 0) is 9.67 Å². The van der Waals surface area contributed by atoms with Gasteiger partial charge in [-0.2, -0.15) is 0 Å². The first-order chi connectivity index (χ1) is 6.38. The Morgan fingerprint density at radius 1 is 1.07 bits per heavy atom. The van der Waals surface area contributed by atoms with Crippen molar-refractivity contribution in [2.24, 2.45) is 0 Å². The number of hydrogen-bond acceptors (Lipinski definition) is 0. The predicted octanol–water partition coefficient (Wildman–Crippen LogP) is 5.56. The van der Waals surface area contributed by atoms with E-state index in [4.69, 9.17) is 69.6 Å². The summed E-state index contributed by atoms with van der Waals surface area (Å²) in [6, 6.07) is 3.29. The highest BCUT2D eigenvalue weighted by Crippen LogP contribution is 2.46. The lowest BCUT2D eigenvalue weighted by molar-refractivity contribution is 1.21. The summed E-state index contributed by atoms with van der Waals surface area (Å²) in [7, 11) is 0. The first-order valence-corrected chi connectivity index (χ1v) is 5.90. The SMILES string of the molecule is ClCc1ccc(Cl)c(C(Cl)(Cl)Cl)c1Cl. The highest BCUT2D eigenvalue weighted by atomic mass is 35.6. The highest BCUT2D eigenvalue weighted by Gasteiger charge is 2.29. The van der Waals surface area contributed by atoms with E-state index < -0.39 is 3.79 Å². The number of benzene rings is 1. The fourth-order valence-electron chi connectivity index (χ4n) is 0.959. The van der Waals surface area contributed by atoms with E-state index in [9.17, 15) is 0 Å². The van der Waals surface area contributed by atoms with Crippen molar-refractivity contribution in [3.63, 3.8) is 0 Å². The lowest BCUT2D eigenvalue weighted by Gasteiger charge is -2.16. The van der Waals surface area contributed by atoms with Crippen LogP contribution in [0.25, 0.3) is 0 Å². The maximum absolute atomic E-state index is 5.98. The van der Waals surface area contributed by atoms with Crippen molar-refractivity contribution in [2.45, 2.75) is 9.67 Å². The zero-order chi connectivity index (χ0) is 10.9. The van der Waals surface area contributed by atoms with Crippen LogP contribution in [-0.4, -0.2) is 0 Å². The second-order valence-electron chi connectivity index (χ2n) is 2.53. The van der Waals surface area contributed by atoms with Crippen LogP contribution in [0.3, 0.4) is 0 Å². The molecule has 0 saturated heterocycles. The zero-order valence-corrected chi connectivity index (χ0v) is 11.2. The van der Waals surface area contributed by atoms with Gasteiger partial charge in [-0.05, 0) is 11.6 Å². The molecule has 0 bridgehead atoms. The van der Waals surface area contributed by atoms with E-state index in [1.807, 2.05) is 0 Å². The first-order valence-electron chi connectivity index (χ1n) is 3.48. The van der Waals surface area contributed by atoms with Gasteiger partial charge >= 0.3 is 0 Å². The van der Waals surface area contributed by atoms with Crippen LogP contribution in [0.1, 0.15) is 11.1 Å². The second kappa shape index (κ2) is 4.86. The van der Waals surface area contributed by atoms with Gasteiger partial charge in [-0.3, -0.25) is 0 Å². The van der Waals surface area contributed by atoms with Crippen molar-refractivity contribution in [1.29, 1.82) is 0 Å². The molecule has 0 aliphatic rings. The molecule has 0 atom stereocenters. The van der Waals surface area contributed by atoms with E-state index in [0.717, 1.165) is 0 Å². The fraction of sp³-hybridized carbons (Fsp3) is 0.250. The van der Waals surface area contributed by atoms with Crippen molar-refractivity contribution in [3.05, 3.63) is 33.3 Å². The molecule has 0 nitrogen and oxygen atoms in total. The van der Waals surface area contributed by atoms with Gasteiger partial charge in [-0.1, -0.05) is 64.1 Å². The minimum atomic E-state index is -1.64. The van der Waals surface area contributed by atoms with Crippen LogP contribution in [0.15, 0.2) is 12.1 Å². The van der Waals surface area contributed by atoms with E-state index in [0.29, 0.717) is 15.6 Å². The minimum absolute atomic E-state index is 0.240. The summed E-state index contributed by atoms with van der Waals surface area (Å²) in [6.45, 7) is 0. The summed E-state index contributed by atoms with van der Waals surface area (Å²) in [4.78, 5) is 0. The van der Waals surface area contributed by atoms with E-state index >= 15 is 0 Å². The Morgan fingerprint density at radius 2 is 1.64 bits per heavy atom. The number of hydrogen-bond donors (Lipinski definition) is 0. The monoisotopic (exact) mass is 310 g/mol. The summed E-state index contributed by atoms with van der Waals surface area (Å²) in [5.41, 5.74) is 0.947. The maximum Gasteiger partial charge on any atom is 0.218 e. The summed E-state index contributed by atoms with van der Waals surface area (Å²) >= 11 is 34.6. The van der Waals surface area contributed by atoms with Crippen LogP contribution < -0.4 is 0 Å². The normalized spacial score (nSPS) is 11.9. The van der Waals surface area contributed by atoms with Crippen LogP contribution in [0.5, 0.6) is 0 Å². The van der Waals surface area contributed by atoms with Crippen molar-refractivity contribution in [3.8, 4) is 0 Å². The van der Waals surface area contributed by atoms with Gasteiger partial charge in [0.25, 0.3) is 0 Å². The Bertz CT molecular complexity index is 340. The molecule has 1 aromatic carbocycles. The van der Waals surface area contributed by atoms with Gasteiger partial charge < -0.3 is 0 Å². The molecule has 0 N–H and O–H groups in total. The van der Waals surface area contributed by atoms with Gasteiger partial charge in [0.05, 0.1) is 5.02 Å². The van der Waals surface area contributed by atoms with E-state index in [1.165, 1.54) is 0 Å². The molecule has 14 heavy (non-hydrogen) atoms. The van der Waals surface area contributed by atoms with E-state index in [2.05, 4.69) is 0 Å². The van der Waals surface area contributed by atoms with Gasteiger partial charge in [-0.25, -0.2) is 0 Å². The Balaban J connectivity index is 3.40. The average molecular weight is 313 g/mol. The molecule has 0 radical (unpaired) electrons. The summed E-state index contributed by atoms with van der Waals surface area (Å²) in [5.74, 6) is 0.240. The lowest BCUT2D eigenvalue weighted by Crippen LogP contribution is -2.04. The number of alkyl halides is 4. The van der Waals surface area contributed by atoms with Crippen LogP contribution in [0.2, 0.25) is 10.0 Å². The van der Waals surface area contributed by atoms with Gasteiger partial charge in [0, 0.05) is 16.5 Å². The van der Waals surface area contributed by atoms with Crippen LogP contribution in [0, 0.1) is 0 Å². The molecule has 0 aliphatic carbocycles. The lowest BCUT2D eigenvalue weighted by atomic mass is 10.1. The van der Waals surface area contributed by atoms with Crippen molar-refractivity contribution in [2.75, 3.05) is 0 Å². The smallest absolute Gasteiger partial charge is 0.121 e. The van der Waals surface area contributed by atoms with Gasteiger partial charge in [0.15, 0.2) is 0 Å². The predicted molar refractivity (Wildman–Crippen MR) is 65.3 cm³/mol. The first kappa shape index (κ1) is 13.0. The Morgan fingerprint density at radius 3 is 2.07 bits per heavy atom. The number of halogens is 6. The molecule has 0 saturated carbocycles. The van der Waals surface area contributed by atoms with Crippen molar-refractivity contribution < 1.29 is 0 Å². The van der Waals surface area contributed by atoms with Crippen molar-refractivity contribution in [1.82, 2.24) is 0 Å². The van der Waals surface area contributed by atoms with Crippen molar-refractivity contribution >= 4 is 69.6 Å². The standard InChI is InChI=1S/C8H4Cl6/c9-3-4-1-2-5(10)6(7(4)11)8(12,13)14/h1-2H,3H2. The molecule has 0 aromatic heterocycles. The van der Waals surface area contributed by atoms with Crippen LogP contribution in [0.4, 0.5) is 0 Å². The van der Waals surface area contributed by atoms with E-state index in [-0.39, 0.29) is 11.4 Å². The van der Waals surface area contributed by atoms with Crippen LogP contribution >= 0.6 is 69.6 Å². The third-order valence-corrected chi connectivity index (χ3v) is 3.20. The quantitative estimate of drug-likeness (QED) is 0.596. The topological polar surface area (TPSA) is 0 Å². The fourth-order valence-corrected chi connectivity index (χ4v) is 2.85. The molecular weight excluding hydrogens is 309 g/mol. The maximum atomic E-state index is 5.98. The van der Waals surface area contributed by atoms with Gasteiger partial charge in [0.2, 0.25) is 3.79 Å².